The first-order chi connectivity index (χ1) is 13.1. The van der Waals surface area contributed by atoms with Gasteiger partial charge >= 0.3 is 0 Å². The van der Waals surface area contributed by atoms with Crippen molar-refractivity contribution in [1.82, 2.24) is 14.8 Å². The summed E-state index contributed by atoms with van der Waals surface area (Å²) in [6.45, 7) is 4.38. The van der Waals surface area contributed by atoms with Gasteiger partial charge in [0.15, 0.2) is 0 Å². The van der Waals surface area contributed by atoms with Crippen LogP contribution < -0.4 is 10.3 Å². The molecule has 2 aliphatic rings. The SMILES string of the molecule is COc1ccc2cc(CN3CCCC(CN4CCCC4=O)C3)c(=O)[nH]c2c1. The zero-order chi connectivity index (χ0) is 18.8. The Hall–Kier alpha value is -2.34. The summed E-state index contributed by atoms with van der Waals surface area (Å²) in [5.41, 5.74) is 1.56. The molecule has 1 aromatic heterocycles. The van der Waals surface area contributed by atoms with Gasteiger partial charge < -0.3 is 14.6 Å². The summed E-state index contributed by atoms with van der Waals surface area (Å²) in [5, 5.41) is 1.02. The van der Waals surface area contributed by atoms with Crippen LogP contribution in [0.2, 0.25) is 0 Å². The second-order valence-corrected chi connectivity index (χ2v) is 7.76. The number of rotatable bonds is 5. The first-order valence-corrected chi connectivity index (χ1v) is 9.82. The predicted molar refractivity (Wildman–Crippen MR) is 105 cm³/mol. The number of likely N-dealkylation sites (tertiary alicyclic amines) is 2. The highest BCUT2D eigenvalue weighted by Gasteiger charge is 2.27. The Morgan fingerprint density at radius 3 is 2.85 bits per heavy atom. The van der Waals surface area contributed by atoms with Crippen molar-refractivity contribution in [1.29, 1.82) is 0 Å². The summed E-state index contributed by atoms with van der Waals surface area (Å²) in [6.07, 6.45) is 3.98. The molecule has 1 N–H and O–H groups in total. The van der Waals surface area contributed by atoms with E-state index in [-0.39, 0.29) is 5.56 Å². The average Bonchev–Trinajstić information content (AvgIpc) is 3.07. The summed E-state index contributed by atoms with van der Waals surface area (Å²) in [6, 6.07) is 7.73. The standard InChI is InChI=1S/C21H27N3O3/c1-27-18-7-6-16-10-17(21(26)22-19(16)11-18)14-23-8-2-4-15(12-23)13-24-9-3-5-20(24)25/h6-7,10-11,15H,2-5,8-9,12-14H2,1H3,(H,22,26). The molecule has 1 amide bonds. The number of nitrogens with one attached hydrogen (secondary N) is 1. The van der Waals surface area contributed by atoms with E-state index in [4.69, 9.17) is 4.74 Å². The van der Waals surface area contributed by atoms with Crippen LogP contribution >= 0.6 is 0 Å². The number of fused-ring (bicyclic) bond motifs is 1. The first kappa shape index (κ1) is 18.0. The maximum absolute atomic E-state index is 12.5. The molecule has 6 heteroatoms. The number of H-pyrrole nitrogens is 1. The van der Waals surface area contributed by atoms with Crippen LogP contribution in [-0.4, -0.2) is 54.0 Å². The van der Waals surface area contributed by atoms with Crippen molar-refractivity contribution in [3.05, 3.63) is 40.2 Å². The van der Waals surface area contributed by atoms with Gasteiger partial charge in [0.25, 0.3) is 5.56 Å². The highest BCUT2D eigenvalue weighted by Crippen LogP contribution is 2.23. The van der Waals surface area contributed by atoms with Crippen molar-refractivity contribution < 1.29 is 9.53 Å². The smallest absolute Gasteiger partial charge is 0.252 e. The second-order valence-electron chi connectivity index (χ2n) is 7.76. The Kier molecular flexibility index (Phi) is 5.16. The molecule has 0 aliphatic carbocycles. The predicted octanol–water partition coefficient (Wildman–Crippen LogP) is 2.37. The van der Waals surface area contributed by atoms with Crippen molar-refractivity contribution >= 4 is 16.8 Å². The number of methoxy groups -OCH3 is 1. The van der Waals surface area contributed by atoms with Gasteiger partial charge in [-0.15, -0.1) is 0 Å². The molecule has 0 radical (unpaired) electrons. The summed E-state index contributed by atoms with van der Waals surface area (Å²) >= 11 is 0. The minimum atomic E-state index is -0.0346. The van der Waals surface area contributed by atoms with Crippen molar-refractivity contribution in [3.8, 4) is 5.75 Å². The Balaban J connectivity index is 1.45. The lowest BCUT2D eigenvalue weighted by molar-refractivity contribution is -0.128. The van der Waals surface area contributed by atoms with Crippen LogP contribution in [0.1, 0.15) is 31.2 Å². The van der Waals surface area contributed by atoms with Gasteiger partial charge in [0.1, 0.15) is 5.75 Å². The zero-order valence-corrected chi connectivity index (χ0v) is 15.9. The monoisotopic (exact) mass is 369 g/mol. The number of amides is 1. The molecule has 0 bridgehead atoms. The van der Waals surface area contributed by atoms with Crippen LogP contribution in [0.4, 0.5) is 0 Å². The number of benzene rings is 1. The van der Waals surface area contributed by atoms with Crippen molar-refractivity contribution in [3.63, 3.8) is 0 Å². The number of aromatic nitrogens is 1. The molecule has 2 aliphatic heterocycles. The molecule has 1 aromatic carbocycles. The number of aromatic amines is 1. The lowest BCUT2D eigenvalue weighted by Crippen LogP contribution is -2.41. The van der Waals surface area contributed by atoms with Gasteiger partial charge in [-0.3, -0.25) is 14.5 Å². The average molecular weight is 369 g/mol. The summed E-state index contributed by atoms with van der Waals surface area (Å²) in [5.74, 6) is 1.54. The minimum Gasteiger partial charge on any atom is -0.497 e. The van der Waals surface area contributed by atoms with Crippen LogP contribution in [-0.2, 0) is 11.3 Å². The number of ether oxygens (including phenoxy) is 1. The molecule has 6 nitrogen and oxygen atoms in total. The van der Waals surface area contributed by atoms with Crippen molar-refractivity contribution in [2.24, 2.45) is 5.92 Å². The van der Waals surface area contributed by atoms with Crippen LogP contribution in [0, 0.1) is 5.92 Å². The molecular weight excluding hydrogens is 342 g/mol. The maximum atomic E-state index is 12.5. The Labute approximate surface area is 159 Å². The van der Waals surface area contributed by atoms with E-state index in [0.29, 0.717) is 24.8 Å². The van der Waals surface area contributed by atoms with E-state index in [1.807, 2.05) is 29.2 Å². The fourth-order valence-corrected chi connectivity index (χ4v) is 4.36. The van der Waals surface area contributed by atoms with Gasteiger partial charge in [0.2, 0.25) is 5.91 Å². The Morgan fingerprint density at radius 1 is 1.19 bits per heavy atom. The Bertz CT molecular complexity index is 892. The van der Waals surface area contributed by atoms with Crippen LogP contribution in [0.5, 0.6) is 5.75 Å². The third-order valence-electron chi connectivity index (χ3n) is 5.78. The quantitative estimate of drug-likeness (QED) is 0.879. The van der Waals surface area contributed by atoms with Gasteiger partial charge in [0.05, 0.1) is 12.6 Å². The molecule has 144 valence electrons. The summed E-state index contributed by atoms with van der Waals surface area (Å²) in [4.78, 5) is 31.8. The fraction of sp³-hybridized carbons (Fsp3) is 0.524. The number of hydrogen-bond acceptors (Lipinski definition) is 4. The van der Waals surface area contributed by atoms with Gasteiger partial charge in [-0.1, -0.05) is 0 Å². The molecule has 1 unspecified atom stereocenters. The van der Waals surface area contributed by atoms with E-state index < -0.39 is 0 Å². The molecule has 0 saturated carbocycles. The van der Waals surface area contributed by atoms with Gasteiger partial charge in [-0.25, -0.2) is 0 Å². The zero-order valence-electron chi connectivity index (χ0n) is 15.9. The second kappa shape index (κ2) is 7.72. The molecule has 4 rings (SSSR count). The molecule has 2 fully saturated rings. The largest absolute Gasteiger partial charge is 0.497 e. The minimum absolute atomic E-state index is 0.0346. The summed E-state index contributed by atoms with van der Waals surface area (Å²) < 4.78 is 5.23. The highest BCUT2D eigenvalue weighted by molar-refractivity contribution is 5.80. The molecular formula is C21H27N3O3. The van der Waals surface area contributed by atoms with E-state index in [1.165, 1.54) is 0 Å². The third-order valence-corrected chi connectivity index (χ3v) is 5.78. The number of pyridine rings is 1. The third kappa shape index (κ3) is 4.00. The first-order valence-electron chi connectivity index (χ1n) is 9.82. The fourth-order valence-electron chi connectivity index (χ4n) is 4.36. The van der Waals surface area contributed by atoms with E-state index >= 15 is 0 Å². The molecule has 2 saturated heterocycles. The number of carbonyl (C=O) groups excluding carboxylic acids is 1. The van der Waals surface area contributed by atoms with Crippen LogP contribution in [0.3, 0.4) is 0 Å². The van der Waals surface area contributed by atoms with E-state index in [0.717, 1.165) is 67.7 Å². The van der Waals surface area contributed by atoms with E-state index in [9.17, 15) is 9.59 Å². The highest BCUT2D eigenvalue weighted by atomic mass is 16.5. The molecule has 2 aromatic rings. The molecule has 27 heavy (non-hydrogen) atoms. The molecule has 1 atom stereocenters. The lowest BCUT2D eigenvalue weighted by atomic mass is 9.97. The molecule has 0 spiro atoms. The number of nitrogens with zero attached hydrogens (tertiary/aromatic N) is 2. The number of hydrogen-bond donors (Lipinski definition) is 1. The number of carbonyl (C=O) groups is 1. The van der Waals surface area contributed by atoms with Gasteiger partial charge in [0, 0.05) is 44.2 Å². The van der Waals surface area contributed by atoms with Crippen molar-refractivity contribution in [2.75, 3.05) is 33.3 Å². The van der Waals surface area contributed by atoms with Gasteiger partial charge in [-0.05, 0) is 55.3 Å². The van der Waals surface area contributed by atoms with Crippen LogP contribution in [0.25, 0.3) is 10.9 Å². The lowest BCUT2D eigenvalue weighted by Gasteiger charge is -2.34. The van der Waals surface area contributed by atoms with E-state index in [2.05, 4.69) is 9.88 Å². The summed E-state index contributed by atoms with van der Waals surface area (Å²) in [7, 11) is 1.62. The van der Waals surface area contributed by atoms with Crippen LogP contribution in [0.15, 0.2) is 29.1 Å². The van der Waals surface area contributed by atoms with E-state index in [1.54, 1.807) is 7.11 Å². The molecule has 3 heterocycles. The maximum Gasteiger partial charge on any atom is 0.252 e. The number of piperidine rings is 1. The van der Waals surface area contributed by atoms with Crippen molar-refractivity contribution in [2.45, 2.75) is 32.2 Å². The topological polar surface area (TPSA) is 65.6 Å². The normalized spacial score (nSPS) is 21.1. The Morgan fingerprint density at radius 2 is 2.07 bits per heavy atom. The van der Waals surface area contributed by atoms with Gasteiger partial charge in [-0.2, -0.15) is 0 Å².